The highest BCUT2D eigenvalue weighted by atomic mass is 32.1. The molecule has 2 aliphatic carbocycles. The van der Waals surface area contributed by atoms with Crippen molar-refractivity contribution in [2.75, 3.05) is 13.1 Å². The number of ether oxygens (including phenoxy) is 1. The van der Waals surface area contributed by atoms with Gasteiger partial charge < -0.3 is 9.64 Å². The summed E-state index contributed by atoms with van der Waals surface area (Å²) in [5, 5.41) is 10.3. The van der Waals surface area contributed by atoms with Crippen molar-refractivity contribution < 1.29 is 4.74 Å². The third kappa shape index (κ3) is 3.40. The Labute approximate surface area is 170 Å². The van der Waals surface area contributed by atoms with Crippen LogP contribution in [0.1, 0.15) is 74.1 Å². The van der Waals surface area contributed by atoms with Crippen molar-refractivity contribution in [3.63, 3.8) is 0 Å². The molecule has 0 amide bonds. The van der Waals surface area contributed by atoms with Crippen LogP contribution in [0.3, 0.4) is 0 Å². The molecule has 3 aliphatic rings. The lowest BCUT2D eigenvalue weighted by atomic mass is 9.90. The van der Waals surface area contributed by atoms with E-state index in [4.69, 9.17) is 4.74 Å². The maximum atomic E-state index is 9.21. The van der Waals surface area contributed by atoms with Gasteiger partial charge in [-0.05, 0) is 75.9 Å². The number of piperidine rings is 1. The van der Waals surface area contributed by atoms with Gasteiger partial charge >= 0.3 is 0 Å². The number of fused-ring (bicyclic) bond motifs is 3. The summed E-state index contributed by atoms with van der Waals surface area (Å²) >= 11 is 1.76. The molecule has 0 spiro atoms. The number of thiophene rings is 1. The van der Waals surface area contributed by atoms with Gasteiger partial charge in [-0.1, -0.05) is 6.42 Å². The summed E-state index contributed by atoms with van der Waals surface area (Å²) in [6.07, 6.45) is 13.4. The lowest BCUT2D eigenvalue weighted by molar-refractivity contribution is 0.0756. The highest BCUT2D eigenvalue weighted by Crippen LogP contribution is 2.47. The van der Waals surface area contributed by atoms with Crippen LogP contribution < -0.4 is 4.74 Å². The third-order valence-electron chi connectivity index (χ3n) is 6.86. The van der Waals surface area contributed by atoms with E-state index in [1.807, 2.05) is 0 Å². The van der Waals surface area contributed by atoms with Gasteiger partial charge in [-0.2, -0.15) is 5.26 Å². The van der Waals surface area contributed by atoms with Crippen LogP contribution in [0.25, 0.3) is 10.2 Å². The van der Waals surface area contributed by atoms with Crippen molar-refractivity contribution >= 4 is 21.6 Å². The first-order chi connectivity index (χ1) is 13.8. The Bertz CT molecular complexity index is 875. The molecule has 28 heavy (non-hydrogen) atoms. The van der Waals surface area contributed by atoms with Gasteiger partial charge in [-0.25, -0.2) is 9.97 Å². The van der Waals surface area contributed by atoms with E-state index in [9.17, 15) is 5.26 Å². The monoisotopic (exact) mass is 396 g/mol. The van der Waals surface area contributed by atoms with Gasteiger partial charge in [-0.3, -0.25) is 0 Å². The number of nitrogens with zero attached hydrogens (tertiary/aromatic N) is 4. The van der Waals surface area contributed by atoms with Crippen LogP contribution in [0.15, 0.2) is 6.33 Å². The van der Waals surface area contributed by atoms with E-state index >= 15 is 0 Å². The van der Waals surface area contributed by atoms with E-state index in [0.717, 1.165) is 47.8 Å². The first-order valence-electron chi connectivity index (χ1n) is 10.9. The Balaban J connectivity index is 1.32. The van der Waals surface area contributed by atoms with Gasteiger partial charge in [0.1, 0.15) is 17.3 Å². The molecule has 3 heterocycles. The van der Waals surface area contributed by atoms with Crippen molar-refractivity contribution in [2.24, 2.45) is 0 Å². The molecule has 1 saturated heterocycles. The van der Waals surface area contributed by atoms with E-state index in [1.54, 1.807) is 17.7 Å². The SMILES string of the molecule is N#CC[C@H]1CCc2sc3ncnc(O[C@H]4CC[C@H](N5CCCCC5)CC4)c3c21. The van der Waals surface area contributed by atoms with Gasteiger partial charge in [0.15, 0.2) is 0 Å². The van der Waals surface area contributed by atoms with Crippen LogP contribution >= 0.6 is 11.3 Å². The topological polar surface area (TPSA) is 62.0 Å². The summed E-state index contributed by atoms with van der Waals surface area (Å²) in [6.45, 7) is 2.56. The Hall–Kier alpha value is -1.71. The zero-order valence-electron chi connectivity index (χ0n) is 16.4. The Morgan fingerprint density at radius 2 is 1.93 bits per heavy atom. The predicted octanol–water partition coefficient (Wildman–Crippen LogP) is 4.81. The number of rotatable bonds is 4. The molecule has 1 atom stereocenters. The quantitative estimate of drug-likeness (QED) is 0.742. The molecule has 5 nitrogen and oxygen atoms in total. The van der Waals surface area contributed by atoms with E-state index < -0.39 is 0 Å². The summed E-state index contributed by atoms with van der Waals surface area (Å²) in [6, 6.07) is 3.11. The molecule has 1 aliphatic heterocycles. The second-order valence-electron chi connectivity index (χ2n) is 8.54. The van der Waals surface area contributed by atoms with E-state index in [0.29, 0.717) is 12.3 Å². The van der Waals surface area contributed by atoms with E-state index in [1.165, 1.54) is 55.6 Å². The first kappa shape index (κ1) is 18.3. The van der Waals surface area contributed by atoms with Crippen molar-refractivity contribution in [2.45, 2.75) is 82.3 Å². The van der Waals surface area contributed by atoms with Gasteiger partial charge in [0, 0.05) is 17.3 Å². The molecule has 2 fully saturated rings. The summed E-state index contributed by atoms with van der Waals surface area (Å²) < 4.78 is 6.47. The number of aryl methyl sites for hydroxylation is 1. The molecule has 6 heteroatoms. The van der Waals surface area contributed by atoms with E-state index in [2.05, 4.69) is 20.9 Å². The van der Waals surface area contributed by atoms with Crippen LogP contribution in [0.5, 0.6) is 5.88 Å². The number of likely N-dealkylation sites (tertiary alicyclic amines) is 1. The number of hydrogen-bond donors (Lipinski definition) is 0. The van der Waals surface area contributed by atoms with Crippen molar-refractivity contribution in [1.29, 1.82) is 5.26 Å². The molecular formula is C22H28N4OS. The molecule has 0 aromatic carbocycles. The van der Waals surface area contributed by atoms with Gasteiger partial charge in [-0.15, -0.1) is 11.3 Å². The first-order valence-corrected chi connectivity index (χ1v) is 11.7. The number of nitriles is 1. The van der Waals surface area contributed by atoms with Crippen LogP contribution in [0.4, 0.5) is 0 Å². The molecule has 0 bridgehead atoms. The third-order valence-corrected chi connectivity index (χ3v) is 8.04. The fraction of sp³-hybridized carbons (Fsp3) is 0.682. The highest BCUT2D eigenvalue weighted by molar-refractivity contribution is 7.19. The molecule has 2 aromatic rings. The van der Waals surface area contributed by atoms with Crippen molar-refractivity contribution in [1.82, 2.24) is 14.9 Å². The van der Waals surface area contributed by atoms with E-state index in [-0.39, 0.29) is 6.10 Å². The van der Waals surface area contributed by atoms with Gasteiger partial charge in [0.25, 0.3) is 0 Å². The molecule has 2 aromatic heterocycles. The van der Waals surface area contributed by atoms with Crippen LogP contribution in [-0.2, 0) is 6.42 Å². The van der Waals surface area contributed by atoms with Crippen LogP contribution in [0.2, 0.25) is 0 Å². The van der Waals surface area contributed by atoms with Gasteiger partial charge in [0.2, 0.25) is 5.88 Å². The fourth-order valence-corrected chi connectivity index (χ4v) is 6.64. The largest absolute Gasteiger partial charge is 0.474 e. The lowest BCUT2D eigenvalue weighted by Crippen LogP contribution is -2.42. The normalized spacial score (nSPS) is 28.2. The minimum atomic E-state index is 0.255. The molecule has 148 valence electrons. The highest BCUT2D eigenvalue weighted by Gasteiger charge is 2.32. The standard InChI is InChI=1S/C22H28N4OS/c23-11-10-15-4-9-18-19(15)20-21(24-14-25-22(20)28-18)27-17-7-5-16(6-8-17)26-12-2-1-3-13-26/h14-17H,1-10,12-13H2/t15-,16-,17-/m1/s1. The molecule has 5 rings (SSSR count). The molecule has 0 N–H and O–H groups in total. The summed E-state index contributed by atoms with van der Waals surface area (Å²) in [7, 11) is 0. The maximum Gasteiger partial charge on any atom is 0.225 e. The average Bonchev–Trinajstić information content (AvgIpc) is 3.30. The zero-order chi connectivity index (χ0) is 18.9. The van der Waals surface area contributed by atoms with Gasteiger partial charge in [0.05, 0.1) is 11.5 Å². The zero-order valence-corrected chi connectivity index (χ0v) is 17.2. The maximum absolute atomic E-state index is 9.21. The fourth-order valence-electron chi connectivity index (χ4n) is 5.41. The Morgan fingerprint density at radius 1 is 1.11 bits per heavy atom. The smallest absolute Gasteiger partial charge is 0.225 e. The second-order valence-corrected chi connectivity index (χ2v) is 9.62. The average molecular weight is 397 g/mol. The summed E-state index contributed by atoms with van der Waals surface area (Å²) in [4.78, 5) is 14.2. The number of aromatic nitrogens is 2. The molecule has 0 radical (unpaired) electrons. The predicted molar refractivity (Wildman–Crippen MR) is 111 cm³/mol. The lowest BCUT2D eigenvalue weighted by Gasteiger charge is -2.38. The second kappa shape index (κ2) is 7.96. The Kier molecular flexibility index (Phi) is 5.21. The molecule has 0 unspecified atom stereocenters. The molecule has 1 saturated carbocycles. The Morgan fingerprint density at radius 3 is 2.71 bits per heavy atom. The van der Waals surface area contributed by atoms with Crippen LogP contribution in [0, 0.1) is 11.3 Å². The number of hydrogen-bond acceptors (Lipinski definition) is 6. The minimum absolute atomic E-state index is 0.255. The van der Waals surface area contributed by atoms with Crippen molar-refractivity contribution in [3.05, 3.63) is 16.8 Å². The summed E-state index contributed by atoms with van der Waals surface area (Å²) in [5.41, 5.74) is 1.30. The van der Waals surface area contributed by atoms with Crippen LogP contribution in [-0.4, -0.2) is 40.1 Å². The molecular weight excluding hydrogens is 368 g/mol. The van der Waals surface area contributed by atoms with Crippen molar-refractivity contribution in [3.8, 4) is 11.9 Å². The minimum Gasteiger partial charge on any atom is -0.474 e. The summed E-state index contributed by atoms with van der Waals surface area (Å²) in [5.74, 6) is 1.07.